The van der Waals surface area contributed by atoms with Crippen LogP contribution >= 0.6 is 0 Å². The van der Waals surface area contributed by atoms with Gasteiger partial charge in [-0.1, -0.05) is 27.2 Å². The van der Waals surface area contributed by atoms with E-state index in [1.54, 1.807) is 0 Å². The lowest BCUT2D eigenvalue weighted by atomic mass is 9.86. The lowest BCUT2D eigenvalue weighted by Crippen LogP contribution is -2.28. The maximum atomic E-state index is 3.65. The summed E-state index contributed by atoms with van der Waals surface area (Å²) in [5.74, 6) is 1.78. The summed E-state index contributed by atoms with van der Waals surface area (Å²) >= 11 is 0. The molecule has 0 aliphatic carbocycles. The van der Waals surface area contributed by atoms with E-state index in [4.69, 9.17) is 0 Å². The van der Waals surface area contributed by atoms with Gasteiger partial charge >= 0.3 is 0 Å². The monoisotopic (exact) mass is 155 g/mol. The van der Waals surface area contributed by atoms with Gasteiger partial charge in [-0.25, -0.2) is 0 Å². The van der Waals surface area contributed by atoms with E-state index in [9.17, 15) is 0 Å². The Morgan fingerprint density at radius 3 is 2.00 bits per heavy atom. The van der Waals surface area contributed by atoms with Crippen molar-refractivity contribution in [3.63, 3.8) is 0 Å². The molecule has 0 aromatic rings. The second-order valence-electron chi connectivity index (χ2n) is 3.90. The first-order valence-corrected chi connectivity index (χ1v) is 4.96. The van der Waals surface area contributed by atoms with Crippen LogP contribution in [0.3, 0.4) is 0 Å². The van der Waals surface area contributed by atoms with Crippen LogP contribution in [-0.2, 0) is 0 Å². The van der Waals surface area contributed by atoms with E-state index in [0.717, 1.165) is 23.9 Å². The first-order valence-electron chi connectivity index (χ1n) is 4.96. The minimum Gasteiger partial charge on any atom is -0.311 e. The van der Waals surface area contributed by atoms with E-state index < -0.39 is 0 Å². The maximum absolute atomic E-state index is 3.65. The molecule has 0 aromatic carbocycles. The van der Waals surface area contributed by atoms with Crippen molar-refractivity contribution in [3.05, 3.63) is 0 Å². The molecule has 4 unspecified atom stereocenters. The summed E-state index contributed by atoms with van der Waals surface area (Å²) in [4.78, 5) is 0. The van der Waals surface area contributed by atoms with Gasteiger partial charge in [-0.2, -0.15) is 0 Å². The Morgan fingerprint density at radius 1 is 1.09 bits per heavy atom. The molecule has 0 amide bonds. The topological polar surface area (TPSA) is 12.0 Å². The van der Waals surface area contributed by atoms with Gasteiger partial charge in [0.25, 0.3) is 0 Å². The molecule has 0 spiro atoms. The van der Waals surface area contributed by atoms with E-state index in [1.165, 1.54) is 12.8 Å². The Bertz CT molecular complexity index is 122. The van der Waals surface area contributed by atoms with Gasteiger partial charge in [-0.05, 0) is 25.2 Å². The van der Waals surface area contributed by atoms with Gasteiger partial charge in [-0.15, -0.1) is 0 Å². The van der Waals surface area contributed by atoms with E-state index in [-0.39, 0.29) is 0 Å². The molecule has 1 heterocycles. The second kappa shape index (κ2) is 3.57. The third kappa shape index (κ3) is 1.58. The molecule has 0 radical (unpaired) electrons. The molecule has 11 heavy (non-hydrogen) atoms. The third-order valence-electron chi connectivity index (χ3n) is 3.34. The smallest absolute Gasteiger partial charge is 0.00958 e. The highest BCUT2D eigenvalue weighted by molar-refractivity contribution is 4.91. The van der Waals surface area contributed by atoms with Crippen molar-refractivity contribution in [1.82, 2.24) is 5.32 Å². The minimum atomic E-state index is 0.736. The van der Waals surface area contributed by atoms with E-state index >= 15 is 0 Å². The second-order valence-corrected chi connectivity index (χ2v) is 3.90. The number of hydrogen-bond acceptors (Lipinski definition) is 1. The predicted molar refractivity (Wildman–Crippen MR) is 49.6 cm³/mol. The molecule has 1 aliphatic heterocycles. The SMILES string of the molecule is CCC1NC(C)C(CC)C1C. The van der Waals surface area contributed by atoms with Crippen molar-refractivity contribution in [2.45, 2.75) is 52.6 Å². The zero-order valence-electron chi connectivity index (χ0n) is 8.22. The average molecular weight is 155 g/mol. The van der Waals surface area contributed by atoms with Crippen molar-refractivity contribution in [2.75, 3.05) is 0 Å². The van der Waals surface area contributed by atoms with Crippen LogP contribution < -0.4 is 5.32 Å². The van der Waals surface area contributed by atoms with Crippen LogP contribution in [0.25, 0.3) is 0 Å². The Kier molecular flexibility index (Phi) is 2.94. The first-order chi connectivity index (χ1) is 5.20. The van der Waals surface area contributed by atoms with Crippen molar-refractivity contribution >= 4 is 0 Å². The van der Waals surface area contributed by atoms with Gasteiger partial charge in [0, 0.05) is 12.1 Å². The van der Waals surface area contributed by atoms with Gasteiger partial charge in [0.05, 0.1) is 0 Å². The lowest BCUT2D eigenvalue weighted by Gasteiger charge is -2.17. The Balaban J connectivity index is 2.55. The molecule has 1 saturated heterocycles. The fourth-order valence-electron chi connectivity index (χ4n) is 2.58. The van der Waals surface area contributed by atoms with Crippen LogP contribution in [-0.4, -0.2) is 12.1 Å². The van der Waals surface area contributed by atoms with Gasteiger partial charge in [-0.3, -0.25) is 0 Å². The zero-order valence-corrected chi connectivity index (χ0v) is 8.22. The van der Waals surface area contributed by atoms with Gasteiger partial charge in [0.2, 0.25) is 0 Å². The summed E-state index contributed by atoms with van der Waals surface area (Å²) in [7, 11) is 0. The highest BCUT2D eigenvalue weighted by atomic mass is 15.0. The summed E-state index contributed by atoms with van der Waals surface area (Å²) in [6.07, 6.45) is 2.61. The van der Waals surface area contributed by atoms with Gasteiger partial charge in [0.15, 0.2) is 0 Å². The molecule has 66 valence electrons. The molecule has 4 atom stereocenters. The molecule has 0 aromatic heterocycles. The highest BCUT2D eigenvalue weighted by Gasteiger charge is 2.34. The van der Waals surface area contributed by atoms with Crippen molar-refractivity contribution in [2.24, 2.45) is 11.8 Å². The molecule has 1 aliphatic rings. The van der Waals surface area contributed by atoms with Crippen LogP contribution in [0.1, 0.15) is 40.5 Å². The lowest BCUT2D eigenvalue weighted by molar-refractivity contribution is 0.359. The fourth-order valence-corrected chi connectivity index (χ4v) is 2.58. The number of nitrogens with one attached hydrogen (secondary N) is 1. The summed E-state index contributed by atoms with van der Waals surface area (Å²) in [6.45, 7) is 9.29. The van der Waals surface area contributed by atoms with Crippen molar-refractivity contribution in [3.8, 4) is 0 Å². The average Bonchev–Trinajstić information content (AvgIpc) is 2.26. The summed E-state index contributed by atoms with van der Waals surface area (Å²) in [5.41, 5.74) is 0. The third-order valence-corrected chi connectivity index (χ3v) is 3.34. The summed E-state index contributed by atoms with van der Waals surface area (Å²) in [5, 5.41) is 3.65. The molecule has 0 saturated carbocycles. The number of hydrogen-bond donors (Lipinski definition) is 1. The number of rotatable bonds is 2. The van der Waals surface area contributed by atoms with Crippen LogP contribution in [0.4, 0.5) is 0 Å². The van der Waals surface area contributed by atoms with Crippen LogP contribution in [0, 0.1) is 11.8 Å². The highest BCUT2D eigenvalue weighted by Crippen LogP contribution is 2.30. The zero-order chi connectivity index (χ0) is 8.43. The molecule has 1 nitrogen and oxygen atoms in total. The van der Waals surface area contributed by atoms with Crippen molar-refractivity contribution in [1.29, 1.82) is 0 Å². The maximum Gasteiger partial charge on any atom is 0.00958 e. The molecular formula is C10H21N. The van der Waals surface area contributed by atoms with E-state index in [0.29, 0.717) is 0 Å². The van der Waals surface area contributed by atoms with E-state index in [1.807, 2.05) is 0 Å². The Morgan fingerprint density at radius 2 is 1.73 bits per heavy atom. The van der Waals surface area contributed by atoms with Gasteiger partial charge in [0.1, 0.15) is 0 Å². The largest absolute Gasteiger partial charge is 0.311 e. The molecule has 1 fully saturated rings. The normalized spacial score (nSPS) is 44.7. The molecule has 1 N–H and O–H groups in total. The van der Waals surface area contributed by atoms with Gasteiger partial charge < -0.3 is 5.32 Å². The molecule has 1 heteroatoms. The molecule has 1 rings (SSSR count). The van der Waals surface area contributed by atoms with E-state index in [2.05, 4.69) is 33.0 Å². The summed E-state index contributed by atoms with van der Waals surface area (Å²) < 4.78 is 0. The van der Waals surface area contributed by atoms with Crippen LogP contribution in [0.5, 0.6) is 0 Å². The quantitative estimate of drug-likeness (QED) is 0.645. The standard InChI is InChI=1S/C10H21N/c1-5-9-7(3)10(6-2)11-8(9)4/h7-11H,5-6H2,1-4H3. The molecule has 0 bridgehead atoms. The Hall–Kier alpha value is -0.0400. The molecular weight excluding hydrogens is 134 g/mol. The Labute approximate surface area is 70.6 Å². The first kappa shape index (κ1) is 9.05. The minimum absolute atomic E-state index is 0.736. The fraction of sp³-hybridized carbons (Fsp3) is 1.00. The van der Waals surface area contributed by atoms with Crippen molar-refractivity contribution < 1.29 is 0 Å². The summed E-state index contributed by atoms with van der Waals surface area (Å²) in [6, 6.07) is 1.51. The van der Waals surface area contributed by atoms with Crippen LogP contribution in [0.15, 0.2) is 0 Å². The van der Waals surface area contributed by atoms with Crippen LogP contribution in [0.2, 0.25) is 0 Å². The predicted octanol–water partition coefficient (Wildman–Crippen LogP) is 2.42.